The molecule has 1 rings (SSSR count). The van der Waals surface area contributed by atoms with Crippen LogP contribution >= 0.6 is 0 Å². The second-order valence-electron chi connectivity index (χ2n) is 9.30. The fraction of sp³-hybridized carbons (Fsp3) is 0.727. The Labute approximate surface area is 160 Å². The highest BCUT2D eigenvalue weighted by Gasteiger charge is 2.25. The third-order valence-corrected chi connectivity index (χ3v) is 4.14. The maximum absolute atomic E-state index is 10.1. The number of hydrogen-bond acceptors (Lipinski definition) is 4. The maximum Gasteiger partial charge on any atom is 0.119 e. The van der Waals surface area contributed by atoms with E-state index in [9.17, 15) is 5.11 Å². The zero-order valence-corrected chi connectivity index (χ0v) is 17.8. The molecule has 1 atom stereocenters. The van der Waals surface area contributed by atoms with E-state index < -0.39 is 6.10 Å². The van der Waals surface area contributed by atoms with Gasteiger partial charge in [0.1, 0.15) is 12.4 Å². The van der Waals surface area contributed by atoms with Gasteiger partial charge in [-0.1, -0.05) is 46.8 Å². The van der Waals surface area contributed by atoms with Crippen LogP contribution in [-0.4, -0.2) is 43.1 Å². The molecular weight excluding hydrogens is 326 g/mol. The number of aliphatic hydroxyl groups excluding tert-OH is 1. The smallest absolute Gasteiger partial charge is 0.119 e. The molecule has 150 valence electrons. The summed E-state index contributed by atoms with van der Waals surface area (Å²) in [4.78, 5) is 0. The molecule has 0 spiro atoms. The lowest BCUT2D eigenvalue weighted by Crippen LogP contribution is -2.46. The number of β-amino-alcohol motifs (C(OH)–C–C–N with tert-alkyl or cyclic N) is 1. The van der Waals surface area contributed by atoms with Crippen molar-refractivity contribution in [2.24, 2.45) is 5.41 Å². The molecule has 4 heteroatoms. The van der Waals surface area contributed by atoms with Gasteiger partial charge in [-0.15, -0.1) is 0 Å². The molecule has 4 nitrogen and oxygen atoms in total. The van der Waals surface area contributed by atoms with E-state index in [2.05, 4.69) is 65.9 Å². The lowest BCUT2D eigenvalue weighted by molar-refractivity contribution is 0.0211. The highest BCUT2D eigenvalue weighted by Crippen LogP contribution is 2.26. The number of rotatable bonds is 11. The van der Waals surface area contributed by atoms with Crippen LogP contribution in [0.3, 0.4) is 0 Å². The van der Waals surface area contributed by atoms with Crippen molar-refractivity contribution in [2.75, 3.05) is 26.4 Å². The van der Waals surface area contributed by atoms with Gasteiger partial charge in [0, 0.05) is 12.1 Å². The molecule has 0 saturated heterocycles. The summed E-state index contributed by atoms with van der Waals surface area (Å²) < 4.78 is 11.2. The van der Waals surface area contributed by atoms with E-state index in [4.69, 9.17) is 9.47 Å². The van der Waals surface area contributed by atoms with E-state index in [-0.39, 0.29) is 11.0 Å². The Kier molecular flexibility index (Phi) is 9.08. The largest absolute Gasteiger partial charge is 0.491 e. The first-order valence-corrected chi connectivity index (χ1v) is 9.72. The van der Waals surface area contributed by atoms with Crippen LogP contribution in [0.2, 0.25) is 0 Å². The van der Waals surface area contributed by atoms with Crippen molar-refractivity contribution >= 4 is 0 Å². The van der Waals surface area contributed by atoms with Gasteiger partial charge in [0.2, 0.25) is 0 Å². The minimum atomic E-state index is -0.514. The van der Waals surface area contributed by atoms with Crippen molar-refractivity contribution in [1.82, 2.24) is 5.32 Å². The van der Waals surface area contributed by atoms with Crippen molar-refractivity contribution in [3.8, 4) is 5.75 Å². The molecule has 0 aromatic heterocycles. The monoisotopic (exact) mass is 365 g/mol. The Balaban J connectivity index is 2.17. The van der Waals surface area contributed by atoms with Gasteiger partial charge in [-0.25, -0.2) is 0 Å². The Hall–Kier alpha value is -1.10. The minimum absolute atomic E-state index is 0.00943. The molecule has 1 aromatic carbocycles. The summed E-state index contributed by atoms with van der Waals surface area (Å²) in [5.74, 6) is 1.38. The van der Waals surface area contributed by atoms with Gasteiger partial charge < -0.3 is 19.9 Å². The molecule has 0 aliphatic rings. The first-order valence-electron chi connectivity index (χ1n) is 9.72. The van der Waals surface area contributed by atoms with Crippen molar-refractivity contribution < 1.29 is 14.6 Å². The molecule has 0 heterocycles. The summed E-state index contributed by atoms with van der Waals surface area (Å²) in [5, 5.41) is 13.5. The van der Waals surface area contributed by atoms with Gasteiger partial charge in [-0.05, 0) is 49.3 Å². The highest BCUT2D eigenvalue weighted by atomic mass is 16.5. The Morgan fingerprint density at radius 2 is 1.62 bits per heavy atom. The summed E-state index contributed by atoms with van der Waals surface area (Å²) in [6, 6.07) is 8.17. The average molecular weight is 366 g/mol. The fourth-order valence-electron chi connectivity index (χ4n) is 3.23. The molecule has 0 unspecified atom stereocenters. The van der Waals surface area contributed by atoms with Crippen LogP contribution in [-0.2, 0) is 4.74 Å². The van der Waals surface area contributed by atoms with Crippen molar-refractivity contribution in [3.05, 3.63) is 29.8 Å². The zero-order chi connectivity index (χ0) is 19.8. The summed E-state index contributed by atoms with van der Waals surface area (Å²) in [6.45, 7) is 17.2. The van der Waals surface area contributed by atoms with Gasteiger partial charge in [0.25, 0.3) is 0 Å². The van der Waals surface area contributed by atoms with Crippen LogP contribution in [0, 0.1) is 5.41 Å². The fourth-order valence-corrected chi connectivity index (χ4v) is 3.23. The molecule has 0 aliphatic carbocycles. The molecule has 26 heavy (non-hydrogen) atoms. The van der Waals surface area contributed by atoms with Crippen LogP contribution in [0.15, 0.2) is 24.3 Å². The van der Waals surface area contributed by atoms with E-state index >= 15 is 0 Å². The van der Waals surface area contributed by atoms with Crippen LogP contribution in [0.4, 0.5) is 0 Å². The topological polar surface area (TPSA) is 50.7 Å². The zero-order valence-electron chi connectivity index (χ0n) is 17.8. The second-order valence-corrected chi connectivity index (χ2v) is 9.30. The van der Waals surface area contributed by atoms with E-state index in [0.29, 0.717) is 32.3 Å². The molecule has 0 aliphatic heterocycles. The van der Waals surface area contributed by atoms with Gasteiger partial charge >= 0.3 is 0 Å². The second kappa shape index (κ2) is 10.3. The third-order valence-electron chi connectivity index (χ3n) is 4.14. The molecular formula is C22H39NO3. The molecule has 0 fully saturated rings. The Morgan fingerprint density at radius 1 is 1.00 bits per heavy atom. The normalized spacial score (nSPS) is 13.9. The highest BCUT2D eigenvalue weighted by molar-refractivity contribution is 5.28. The van der Waals surface area contributed by atoms with E-state index in [0.717, 1.165) is 12.2 Å². The van der Waals surface area contributed by atoms with Crippen molar-refractivity contribution in [2.45, 2.75) is 72.4 Å². The molecule has 0 saturated carbocycles. The quantitative estimate of drug-likeness (QED) is 0.572. The Bertz CT molecular complexity index is 503. The van der Waals surface area contributed by atoms with E-state index in [1.165, 1.54) is 5.56 Å². The van der Waals surface area contributed by atoms with Crippen LogP contribution < -0.4 is 10.1 Å². The van der Waals surface area contributed by atoms with Crippen molar-refractivity contribution in [3.63, 3.8) is 0 Å². The summed E-state index contributed by atoms with van der Waals surface area (Å²) in [7, 11) is 0. The third kappa shape index (κ3) is 10.1. The van der Waals surface area contributed by atoms with Crippen LogP contribution in [0.1, 0.15) is 66.4 Å². The standard InChI is InChI=1S/C22H39NO3/c1-17(2)18-8-10-20(11-9-18)26-13-12-25-15-19(24)14-23-22(6,7)16-21(3,4)5/h8-11,17,19,23-24H,12-16H2,1-7H3/t19-/m1/s1. The predicted molar refractivity (Wildman–Crippen MR) is 109 cm³/mol. The number of hydrogen-bond donors (Lipinski definition) is 2. The molecule has 0 amide bonds. The van der Waals surface area contributed by atoms with Gasteiger partial charge in [0.05, 0.1) is 19.3 Å². The number of benzene rings is 1. The van der Waals surface area contributed by atoms with Crippen LogP contribution in [0.25, 0.3) is 0 Å². The molecule has 0 bridgehead atoms. The van der Waals surface area contributed by atoms with Gasteiger partial charge in [-0.3, -0.25) is 0 Å². The first-order chi connectivity index (χ1) is 12.0. The molecule has 1 aromatic rings. The van der Waals surface area contributed by atoms with E-state index in [1.54, 1.807) is 0 Å². The summed E-state index contributed by atoms with van der Waals surface area (Å²) >= 11 is 0. The van der Waals surface area contributed by atoms with Crippen molar-refractivity contribution in [1.29, 1.82) is 0 Å². The average Bonchev–Trinajstić information content (AvgIpc) is 2.51. The lowest BCUT2D eigenvalue weighted by Gasteiger charge is -2.34. The molecule has 2 N–H and O–H groups in total. The number of aliphatic hydroxyl groups is 1. The first kappa shape index (κ1) is 22.9. The summed E-state index contributed by atoms with van der Waals surface area (Å²) in [5.41, 5.74) is 1.55. The van der Waals surface area contributed by atoms with Crippen LogP contribution in [0.5, 0.6) is 5.75 Å². The molecule has 0 radical (unpaired) electrons. The predicted octanol–water partition coefficient (Wildman–Crippen LogP) is 4.37. The van der Waals surface area contributed by atoms with Gasteiger partial charge in [-0.2, -0.15) is 0 Å². The lowest BCUT2D eigenvalue weighted by atomic mass is 9.82. The Morgan fingerprint density at radius 3 is 2.15 bits per heavy atom. The number of ether oxygens (including phenoxy) is 2. The SMILES string of the molecule is CC(C)c1ccc(OCCOC[C@H](O)CNC(C)(C)CC(C)(C)C)cc1. The number of nitrogens with one attached hydrogen (secondary N) is 1. The summed E-state index contributed by atoms with van der Waals surface area (Å²) in [6.07, 6.45) is 0.524. The maximum atomic E-state index is 10.1. The van der Waals surface area contributed by atoms with Gasteiger partial charge in [0.15, 0.2) is 0 Å². The minimum Gasteiger partial charge on any atom is -0.491 e. The van der Waals surface area contributed by atoms with E-state index in [1.807, 2.05) is 12.1 Å².